The van der Waals surface area contributed by atoms with Crippen molar-refractivity contribution >= 4 is 0 Å². The Morgan fingerprint density at radius 3 is 3.27 bits per heavy atom. The van der Waals surface area contributed by atoms with Crippen LogP contribution < -0.4 is 19.5 Å². The first-order valence-electron chi connectivity index (χ1n) is 7.40. The predicted molar refractivity (Wildman–Crippen MR) is 78.1 cm³/mol. The molecule has 2 aliphatic heterocycles. The van der Waals surface area contributed by atoms with Gasteiger partial charge in [0.05, 0.1) is 13.7 Å². The SMILES string of the molecule is COc1cc(CN[C@@H]2CCc3ncnn3C2)cc2c1OCO2. The molecule has 4 rings (SSSR count). The summed E-state index contributed by atoms with van der Waals surface area (Å²) in [5.41, 5.74) is 1.12. The Hall–Kier alpha value is -2.28. The van der Waals surface area contributed by atoms with Crippen LogP contribution in [0.15, 0.2) is 18.5 Å². The first-order valence-corrected chi connectivity index (χ1v) is 7.40. The molecule has 22 heavy (non-hydrogen) atoms. The van der Waals surface area contributed by atoms with Crippen LogP contribution in [0, 0.1) is 0 Å². The van der Waals surface area contributed by atoms with E-state index in [0.717, 1.165) is 43.1 Å². The zero-order chi connectivity index (χ0) is 14.9. The normalized spacial score (nSPS) is 19.0. The summed E-state index contributed by atoms with van der Waals surface area (Å²) in [4.78, 5) is 4.25. The van der Waals surface area contributed by atoms with Gasteiger partial charge in [-0.1, -0.05) is 0 Å². The van der Waals surface area contributed by atoms with Crippen LogP contribution in [0.3, 0.4) is 0 Å². The van der Waals surface area contributed by atoms with Crippen LogP contribution in [0.5, 0.6) is 17.2 Å². The Balaban J connectivity index is 1.44. The maximum absolute atomic E-state index is 5.46. The predicted octanol–water partition coefficient (Wildman–Crippen LogP) is 1.12. The number of aryl methyl sites for hydroxylation is 1. The van der Waals surface area contributed by atoms with E-state index < -0.39 is 0 Å². The molecular formula is C15H18N4O3. The highest BCUT2D eigenvalue weighted by atomic mass is 16.7. The van der Waals surface area contributed by atoms with Gasteiger partial charge in [0.2, 0.25) is 12.5 Å². The van der Waals surface area contributed by atoms with E-state index in [9.17, 15) is 0 Å². The van der Waals surface area contributed by atoms with Crippen molar-refractivity contribution in [2.45, 2.75) is 32.0 Å². The average molecular weight is 302 g/mol. The number of benzene rings is 1. The van der Waals surface area contributed by atoms with E-state index in [2.05, 4.69) is 15.4 Å². The largest absolute Gasteiger partial charge is 0.493 e. The van der Waals surface area contributed by atoms with Crippen LogP contribution in [0.4, 0.5) is 0 Å². The molecule has 0 fully saturated rings. The standard InChI is InChI=1S/C15H18N4O3/c1-20-12-4-10(5-13-15(12)22-9-21-13)6-16-11-2-3-14-17-8-18-19(14)7-11/h4-5,8,11,16H,2-3,6-7,9H2,1H3/t11-/m1/s1. The van der Waals surface area contributed by atoms with E-state index in [1.54, 1.807) is 13.4 Å². The maximum Gasteiger partial charge on any atom is 0.231 e. The molecule has 2 aromatic rings. The average Bonchev–Trinajstić information content (AvgIpc) is 3.20. The molecule has 0 aliphatic carbocycles. The number of ether oxygens (including phenoxy) is 3. The van der Waals surface area contributed by atoms with Gasteiger partial charge in [0, 0.05) is 19.0 Å². The molecule has 0 unspecified atom stereocenters. The lowest BCUT2D eigenvalue weighted by atomic mass is 10.1. The van der Waals surface area contributed by atoms with Gasteiger partial charge in [-0.15, -0.1) is 0 Å². The maximum atomic E-state index is 5.46. The van der Waals surface area contributed by atoms with Crippen molar-refractivity contribution in [1.29, 1.82) is 0 Å². The van der Waals surface area contributed by atoms with E-state index in [1.807, 2.05) is 16.8 Å². The molecule has 0 spiro atoms. The fourth-order valence-corrected chi connectivity index (χ4v) is 2.95. The second-order valence-electron chi connectivity index (χ2n) is 5.51. The second-order valence-corrected chi connectivity index (χ2v) is 5.51. The van der Waals surface area contributed by atoms with Crippen LogP contribution >= 0.6 is 0 Å². The number of nitrogens with one attached hydrogen (secondary N) is 1. The minimum atomic E-state index is 0.250. The molecule has 1 N–H and O–H groups in total. The van der Waals surface area contributed by atoms with Crippen molar-refractivity contribution in [3.8, 4) is 17.2 Å². The lowest BCUT2D eigenvalue weighted by molar-refractivity contribution is 0.171. The highest BCUT2D eigenvalue weighted by molar-refractivity contribution is 5.55. The molecule has 1 aromatic heterocycles. The molecule has 0 amide bonds. The van der Waals surface area contributed by atoms with Crippen LogP contribution in [0.1, 0.15) is 17.8 Å². The highest BCUT2D eigenvalue weighted by Crippen LogP contribution is 2.41. The Bertz CT molecular complexity index is 685. The monoisotopic (exact) mass is 302 g/mol. The van der Waals surface area contributed by atoms with Gasteiger partial charge in [-0.05, 0) is 24.1 Å². The summed E-state index contributed by atoms with van der Waals surface area (Å²) in [6.45, 7) is 1.86. The molecule has 116 valence electrons. The fourth-order valence-electron chi connectivity index (χ4n) is 2.95. The van der Waals surface area contributed by atoms with Gasteiger partial charge < -0.3 is 19.5 Å². The third kappa shape index (κ3) is 2.37. The molecular weight excluding hydrogens is 284 g/mol. The van der Waals surface area contributed by atoms with E-state index in [-0.39, 0.29) is 6.79 Å². The molecule has 7 nitrogen and oxygen atoms in total. The number of hydrogen-bond donors (Lipinski definition) is 1. The van der Waals surface area contributed by atoms with Crippen molar-refractivity contribution < 1.29 is 14.2 Å². The smallest absolute Gasteiger partial charge is 0.231 e. The van der Waals surface area contributed by atoms with E-state index in [4.69, 9.17) is 14.2 Å². The quantitative estimate of drug-likeness (QED) is 0.912. The summed E-state index contributed by atoms with van der Waals surface area (Å²) in [5.74, 6) is 3.23. The van der Waals surface area contributed by atoms with Gasteiger partial charge in [-0.3, -0.25) is 0 Å². The number of hydrogen-bond acceptors (Lipinski definition) is 6. The van der Waals surface area contributed by atoms with Crippen molar-refractivity contribution in [3.05, 3.63) is 29.8 Å². The minimum absolute atomic E-state index is 0.250. The van der Waals surface area contributed by atoms with Crippen LogP contribution in [-0.2, 0) is 19.5 Å². The van der Waals surface area contributed by atoms with Gasteiger partial charge in [-0.2, -0.15) is 5.10 Å². The number of nitrogens with zero attached hydrogens (tertiary/aromatic N) is 3. The van der Waals surface area contributed by atoms with Gasteiger partial charge in [0.15, 0.2) is 11.5 Å². The summed E-state index contributed by atoms with van der Waals surface area (Å²) in [6.07, 6.45) is 3.66. The molecule has 0 bridgehead atoms. The summed E-state index contributed by atoms with van der Waals surface area (Å²) in [6, 6.07) is 4.39. The molecule has 0 saturated heterocycles. The number of rotatable bonds is 4. The third-order valence-corrected chi connectivity index (χ3v) is 4.12. The molecule has 0 radical (unpaired) electrons. The molecule has 1 atom stereocenters. The van der Waals surface area contributed by atoms with Crippen LogP contribution in [-0.4, -0.2) is 34.7 Å². The first kappa shape index (κ1) is 13.4. The second kappa shape index (κ2) is 5.49. The summed E-state index contributed by atoms with van der Waals surface area (Å²) < 4.78 is 18.2. The highest BCUT2D eigenvalue weighted by Gasteiger charge is 2.22. The Morgan fingerprint density at radius 1 is 1.41 bits per heavy atom. The Labute approximate surface area is 128 Å². The van der Waals surface area contributed by atoms with Gasteiger partial charge in [-0.25, -0.2) is 9.67 Å². The van der Waals surface area contributed by atoms with Crippen molar-refractivity contribution in [2.75, 3.05) is 13.9 Å². The van der Waals surface area contributed by atoms with E-state index >= 15 is 0 Å². The summed E-state index contributed by atoms with van der Waals surface area (Å²) in [5, 5.41) is 7.82. The van der Waals surface area contributed by atoms with Gasteiger partial charge in [0.25, 0.3) is 0 Å². The Kier molecular flexibility index (Phi) is 3.34. The molecule has 3 heterocycles. The van der Waals surface area contributed by atoms with E-state index in [0.29, 0.717) is 17.5 Å². The number of aromatic nitrogens is 3. The zero-order valence-corrected chi connectivity index (χ0v) is 12.4. The minimum Gasteiger partial charge on any atom is -0.493 e. The molecule has 2 aliphatic rings. The Morgan fingerprint density at radius 2 is 2.36 bits per heavy atom. The van der Waals surface area contributed by atoms with Gasteiger partial charge >= 0.3 is 0 Å². The van der Waals surface area contributed by atoms with Crippen LogP contribution in [0.25, 0.3) is 0 Å². The number of methoxy groups -OCH3 is 1. The van der Waals surface area contributed by atoms with Crippen molar-refractivity contribution in [1.82, 2.24) is 20.1 Å². The summed E-state index contributed by atoms with van der Waals surface area (Å²) >= 11 is 0. The zero-order valence-electron chi connectivity index (χ0n) is 12.4. The lowest BCUT2D eigenvalue weighted by Crippen LogP contribution is -2.37. The fraction of sp³-hybridized carbons (Fsp3) is 0.467. The lowest BCUT2D eigenvalue weighted by Gasteiger charge is -2.23. The molecule has 1 aromatic carbocycles. The molecule has 7 heteroatoms. The number of fused-ring (bicyclic) bond motifs is 2. The summed E-state index contributed by atoms with van der Waals surface area (Å²) in [7, 11) is 1.64. The van der Waals surface area contributed by atoms with Crippen molar-refractivity contribution in [2.24, 2.45) is 0 Å². The van der Waals surface area contributed by atoms with Crippen LogP contribution in [0.2, 0.25) is 0 Å². The van der Waals surface area contributed by atoms with Gasteiger partial charge in [0.1, 0.15) is 12.2 Å². The third-order valence-electron chi connectivity index (χ3n) is 4.12. The first-order chi connectivity index (χ1) is 10.8. The van der Waals surface area contributed by atoms with Crippen molar-refractivity contribution in [3.63, 3.8) is 0 Å². The molecule has 0 saturated carbocycles. The van der Waals surface area contributed by atoms with E-state index in [1.165, 1.54) is 0 Å². The topological polar surface area (TPSA) is 70.4 Å².